The molecule has 2 fully saturated rings. The van der Waals surface area contributed by atoms with E-state index in [9.17, 15) is 14.4 Å². The van der Waals surface area contributed by atoms with Gasteiger partial charge in [0.2, 0.25) is 5.91 Å². The van der Waals surface area contributed by atoms with Crippen LogP contribution in [0.3, 0.4) is 0 Å². The quantitative estimate of drug-likeness (QED) is 0.823. The normalized spacial score (nSPS) is 28.7. The van der Waals surface area contributed by atoms with Crippen LogP contribution in [0.4, 0.5) is 4.79 Å². The number of rotatable bonds is 4. The van der Waals surface area contributed by atoms with E-state index in [0.717, 1.165) is 36.1 Å². The Hall–Kier alpha value is -2.37. The zero-order valence-electron chi connectivity index (χ0n) is 13.7. The molecule has 2 aliphatic carbocycles. The van der Waals surface area contributed by atoms with Crippen LogP contribution in [-0.4, -0.2) is 34.8 Å². The van der Waals surface area contributed by atoms with Crippen molar-refractivity contribution in [1.82, 2.24) is 15.5 Å². The van der Waals surface area contributed by atoms with Gasteiger partial charge in [-0.15, -0.1) is 0 Å². The molecule has 1 aromatic carbocycles. The van der Waals surface area contributed by atoms with Crippen molar-refractivity contribution in [3.63, 3.8) is 0 Å². The van der Waals surface area contributed by atoms with Crippen molar-refractivity contribution in [2.24, 2.45) is 5.92 Å². The summed E-state index contributed by atoms with van der Waals surface area (Å²) in [4.78, 5) is 38.1. The van der Waals surface area contributed by atoms with Gasteiger partial charge in [0, 0.05) is 0 Å². The number of imide groups is 1. The molecule has 1 saturated carbocycles. The Labute approximate surface area is 140 Å². The standard InChI is InChI=1S/C18H21N3O3/c1-18(12-7-8-12)16(23)21(17(24)20-18)10-15(22)19-14-9-6-11-4-2-3-5-13(11)14/h2-5,12,14H,6-10H2,1H3,(H,19,22)(H,20,24)/t14-,18-/m0/s1. The van der Waals surface area contributed by atoms with E-state index >= 15 is 0 Å². The highest BCUT2D eigenvalue weighted by molar-refractivity contribution is 6.09. The van der Waals surface area contributed by atoms with Crippen LogP contribution < -0.4 is 10.6 Å². The molecule has 4 rings (SSSR count). The minimum Gasteiger partial charge on any atom is -0.348 e. The van der Waals surface area contributed by atoms with Crippen LogP contribution in [0.15, 0.2) is 24.3 Å². The monoisotopic (exact) mass is 327 g/mol. The number of urea groups is 1. The number of benzene rings is 1. The van der Waals surface area contributed by atoms with Crippen LogP contribution in [0, 0.1) is 5.92 Å². The molecule has 1 aliphatic heterocycles. The molecule has 0 radical (unpaired) electrons. The number of hydrogen-bond donors (Lipinski definition) is 2. The molecule has 6 heteroatoms. The van der Waals surface area contributed by atoms with E-state index < -0.39 is 11.6 Å². The number of aryl methyl sites for hydroxylation is 1. The number of nitrogens with one attached hydrogen (secondary N) is 2. The van der Waals surface area contributed by atoms with Crippen molar-refractivity contribution >= 4 is 17.8 Å². The highest BCUT2D eigenvalue weighted by Gasteiger charge is 2.56. The number of carbonyl (C=O) groups is 3. The van der Waals surface area contributed by atoms with E-state index in [4.69, 9.17) is 0 Å². The van der Waals surface area contributed by atoms with E-state index in [0.29, 0.717) is 0 Å². The van der Waals surface area contributed by atoms with Gasteiger partial charge >= 0.3 is 6.03 Å². The number of fused-ring (bicyclic) bond motifs is 1. The summed E-state index contributed by atoms with van der Waals surface area (Å²) in [5, 5.41) is 5.73. The van der Waals surface area contributed by atoms with Crippen LogP contribution in [-0.2, 0) is 16.0 Å². The maximum atomic E-state index is 12.6. The average Bonchev–Trinajstić information content (AvgIpc) is 3.31. The molecule has 2 N–H and O–H groups in total. The molecule has 0 bridgehead atoms. The third kappa shape index (κ3) is 2.37. The lowest BCUT2D eigenvalue weighted by Gasteiger charge is -2.21. The van der Waals surface area contributed by atoms with Gasteiger partial charge in [-0.05, 0) is 49.7 Å². The highest BCUT2D eigenvalue weighted by atomic mass is 16.2. The van der Waals surface area contributed by atoms with Crippen molar-refractivity contribution in [1.29, 1.82) is 0 Å². The molecule has 0 aromatic heterocycles. The fourth-order valence-electron chi connectivity index (χ4n) is 3.89. The lowest BCUT2D eigenvalue weighted by Crippen LogP contribution is -2.47. The Morgan fingerprint density at radius 2 is 2.04 bits per heavy atom. The maximum absolute atomic E-state index is 12.6. The second-order valence-corrected chi connectivity index (χ2v) is 7.16. The first-order chi connectivity index (χ1) is 11.5. The molecule has 4 amide bonds. The first-order valence-electron chi connectivity index (χ1n) is 8.50. The summed E-state index contributed by atoms with van der Waals surface area (Å²) in [5.74, 6) is -0.374. The molecule has 6 nitrogen and oxygen atoms in total. The molecular weight excluding hydrogens is 306 g/mol. The summed E-state index contributed by atoms with van der Waals surface area (Å²) in [7, 11) is 0. The summed E-state index contributed by atoms with van der Waals surface area (Å²) in [6.07, 6.45) is 3.68. The third-order valence-corrected chi connectivity index (χ3v) is 5.46. The van der Waals surface area contributed by atoms with Crippen LogP contribution in [0.5, 0.6) is 0 Å². The molecule has 1 aromatic rings. The molecule has 1 heterocycles. The van der Waals surface area contributed by atoms with E-state index in [2.05, 4.69) is 16.7 Å². The van der Waals surface area contributed by atoms with E-state index in [1.807, 2.05) is 18.2 Å². The van der Waals surface area contributed by atoms with Gasteiger partial charge < -0.3 is 10.6 Å². The smallest absolute Gasteiger partial charge is 0.325 e. The number of nitrogens with zero attached hydrogens (tertiary/aromatic N) is 1. The average molecular weight is 327 g/mol. The topological polar surface area (TPSA) is 78.5 Å². The lowest BCUT2D eigenvalue weighted by atomic mass is 9.96. The molecule has 24 heavy (non-hydrogen) atoms. The van der Waals surface area contributed by atoms with Crippen molar-refractivity contribution < 1.29 is 14.4 Å². The molecule has 3 aliphatic rings. The van der Waals surface area contributed by atoms with E-state index in [1.54, 1.807) is 6.92 Å². The summed E-state index contributed by atoms with van der Waals surface area (Å²) in [5.41, 5.74) is 1.54. The molecule has 0 unspecified atom stereocenters. The van der Waals surface area contributed by atoms with Crippen LogP contribution in [0.2, 0.25) is 0 Å². The minimum absolute atomic E-state index is 0.0377. The van der Waals surface area contributed by atoms with Gasteiger partial charge in [0.15, 0.2) is 0 Å². The lowest BCUT2D eigenvalue weighted by molar-refractivity contribution is -0.135. The SMILES string of the molecule is C[C@@]1(C2CC2)NC(=O)N(CC(=O)N[C@H]2CCc3ccccc32)C1=O. The summed E-state index contributed by atoms with van der Waals surface area (Å²) < 4.78 is 0. The summed E-state index contributed by atoms with van der Waals surface area (Å²) in [6.45, 7) is 1.54. The van der Waals surface area contributed by atoms with Crippen LogP contribution in [0.25, 0.3) is 0 Å². The minimum atomic E-state index is -0.836. The van der Waals surface area contributed by atoms with Gasteiger partial charge in [-0.1, -0.05) is 24.3 Å². The first kappa shape index (κ1) is 15.2. The number of amides is 4. The van der Waals surface area contributed by atoms with E-state index in [-0.39, 0.29) is 30.3 Å². The van der Waals surface area contributed by atoms with Crippen molar-refractivity contribution in [2.75, 3.05) is 6.54 Å². The maximum Gasteiger partial charge on any atom is 0.325 e. The van der Waals surface area contributed by atoms with Gasteiger partial charge in [-0.2, -0.15) is 0 Å². The van der Waals surface area contributed by atoms with Crippen molar-refractivity contribution in [3.05, 3.63) is 35.4 Å². The van der Waals surface area contributed by atoms with Gasteiger partial charge in [0.25, 0.3) is 5.91 Å². The Morgan fingerprint density at radius 3 is 2.79 bits per heavy atom. The van der Waals surface area contributed by atoms with Gasteiger partial charge in [0.1, 0.15) is 12.1 Å². The largest absolute Gasteiger partial charge is 0.348 e. The Bertz CT molecular complexity index is 728. The number of hydrogen-bond acceptors (Lipinski definition) is 3. The predicted octanol–water partition coefficient (Wildman–Crippen LogP) is 1.51. The van der Waals surface area contributed by atoms with Gasteiger partial charge in [-0.25, -0.2) is 4.79 Å². The second kappa shape index (κ2) is 5.33. The van der Waals surface area contributed by atoms with E-state index in [1.165, 1.54) is 5.56 Å². The third-order valence-electron chi connectivity index (χ3n) is 5.46. The summed E-state index contributed by atoms with van der Waals surface area (Å²) in [6, 6.07) is 7.54. The van der Waals surface area contributed by atoms with Gasteiger partial charge in [0.05, 0.1) is 6.04 Å². The van der Waals surface area contributed by atoms with Crippen molar-refractivity contribution in [2.45, 2.75) is 44.2 Å². The molecule has 0 spiro atoms. The molecular formula is C18H21N3O3. The molecule has 126 valence electrons. The number of carbonyl (C=O) groups excluding carboxylic acids is 3. The predicted molar refractivity (Wildman–Crippen MR) is 87.0 cm³/mol. The van der Waals surface area contributed by atoms with Crippen molar-refractivity contribution in [3.8, 4) is 0 Å². The zero-order valence-corrected chi connectivity index (χ0v) is 13.7. The highest BCUT2D eigenvalue weighted by Crippen LogP contribution is 2.42. The Morgan fingerprint density at radius 1 is 1.29 bits per heavy atom. The molecule has 2 atom stereocenters. The Kier molecular flexibility index (Phi) is 3.37. The second-order valence-electron chi connectivity index (χ2n) is 7.16. The van der Waals surface area contributed by atoms with Crippen LogP contribution in [0.1, 0.15) is 43.4 Å². The fourth-order valence-corrected chi connectivity index (χ4v) is 3.89. The van der Waals surface area contributed by atoms with Gasteiger partial charge in [-0.3, -0.25) is 14.5 Å². The summed E-state index contributed by atoms with van der Waals surface area (Å²) >= 11 is 0. The van der Waals surface area contributed by atoms with Crippen LogP contribution >= 0.6 is 0 Å². The Balaban J connectivity index is 1.42. The molecule has 1 saturated heterocycles. The fraction of sp³-hybridized carbons (Fsp3) is 0.500. The first-order valence-corrected chi connectivity index (χ1v) is 8.50. The zero-order chi connectivity index (χ0) is 16.9.